The number of likely N-dealkylation sites (tertiary alicyclic amines) is 1. The molecule has 7 heteroatoms. The summed E-state index contributed by atoms with van der Waals surface area (Å²) in [5, 5.41) is 11.6. The van der Waals surface area contributed by atoms with E-state index in [9.17, 15) is 14.7 Å². The molecule has 0 aromatic heterocycles. The number of nitrogens with zero attached hydrogens (tertiary/aromatic N) is 2. The average molecular weight is 471 g/mol. The van der Waals surface area contributed by atoms with E-state index >= 15 is 0 Å². The highest BCUT2D eigenvalue weighted by Crippen LogP contribution is 2.40. The third-order valence-corrected chi connectivity index (χ3v) is 5.88. The molecule has 0 bridgehead atoms. The number of hydrogen-bond acceptors (Lipinski definition) is 5. The van der Waals surface area contributed by atoms with Gasteiger partial charge in [-0.1, -0.05) is 37.1 Å². The Morgan fingerprint density at radius 1 is 1.06 bits per heavy atom. The van der Waals surface area contributed by atoms with Gasteiger partial charge in [0.1, 0.15) is 11.5 Å². The molecule has 1 aliphatic rings. The number of aliphatic hydroxyl groups is 1. The van der Waals surface area contributed by atoms with Gasteiger partial charge in [-0.05, 0) is 75.4 Å². The number of rotatable bonds is 10. The van der Waals surface area contributed by atoms with E-state index in [0.717, 1.165) is 30.7 Å². The lowest BCUT2D eigenvalue weighted by atomic mass is 9.95. The minimum absolute atomic E-state index is 0.0897. The Morgan fingerprint density at radius 3 is 2.33 bits per heavy atom. The number of carbonyl (C=O) groups is 2. The minimum Gasteiger partial charge on any atom is -0.507 e. The Morgan fingerprint density at radius 2 is 1.73 bits per heavy atom. The molecular weight excluding hydrogens is 440 g/mol. The standard InChI is InChI=1S/C26H31ClN2O4/c1-4-5-17-33-21-13-9-18(10-14-21)23-22(24(30)19-7-11-20(27)12-8-19)25(31)26(32)29(23)16-6-15-28(2)3/h7-14,23,30H,4-6,15-17H2,1-3H3/t23-/m1/s1. The predicted molar refractivity (Wildman–Crippen MR) is 130 cm³/mol. The average Bonchev–Trinajstić information content (AvgIpc) is 3.04. The maximum Gasteiger partial charge on any atom is 0.295 e. The molecular formula is C26H31ClN2O4. The molecule has 0 saturated carbocycles. The summed E-state index contributed by atoms with van der Waals surface area (Å²) in [6.45, 7) is 3.92. The van der Waals surface area contributed by atoms with Crippen molar-refractivity contribution in [3.8, 4) is 5.75 Å². The zero-order valence-corrected chi connectivity index (χ0v) is 20.1. The summed E-state index contributed by atoms with van der Waals surface area (Å²) < 4.78 is 5.75. The van der Waals surface area contributed by atoms with E-state index in [4.69, 9.17) is 16.3 Å². The quantitative estimate of drug-likeness (QED) is 0.231. The Kier molecular flexibility index (Phi) is 8.53. The monoisotopic (exact) mass is 470 g/mol. The van der Waals surface area contributed by atoms with Crippen LogP contribution >= 0.6 is 11.6 Å². The third-order valence-electron chi connectivity index (χ3n) is 5.62. The second kappa shape index (κ2) is 11.3. The van der Waals surface area contributed by atoms with Gasteiger partial charge >= 0.3 is 0 Å². The van der Waals surface area contributed by atoms with Crippen LogP contribution in [-0.2, 0) is 9.59 Å². The van der Waals surface area contributed by atoms with Gasteiger partial charge in [0.05, 0.1) is 18.2 Å². The highest BCUT2D eigenvalue weighted by atomic mass is 35.5. The third kappa shape index (κ3) is 5.95. The van der Waals surface area contributed by atoms with Crippen LogP contribution in [0.25, 0.3) is 5.76 Å². The maximum absolute atomic E-state index is 13.0. The molecule has 2 aromatic carbocycles. The molecule has 6 nitrogen and oxygen atoms in total. The summed E-state index contributed by atoms with van der Waals surface area (Å²) in [7, 11) is 3.92. The molecule has 1 fully saturated rings. The fraction of sp³-hybridized carbons (Fsp3) is 0.385. The van der Waals surface area contributed by atoms with Gasteiger partial charge in [0, 0.05) is 17.1 Å². The van der Waals surface area contributed by atoms with Gasteiger partial charge in [0.15, 0.2) is 0 Å². The van der Waals surface area contributed by atoms with E-state index in [-0.39, 0.29) is 11.3 Å². The number of aliphatic hydroxyl groups excluding tert-OH is 1. The van der Waals surface area contributed by atoms with Gasteiger partial charge < -0.3 is 19.6 Å². The Balaban J connectivity index is 1.99. The van der Waals surface area contributed by atoms with Crippen molar-refractivity contribution in [3.63, 3.8) is 0 Å². The molecule has 1 N–H and O–H groups in total. The van der Waals surface area contributed by atoms with E-state index in [0.29, 0.717) is 30.2 Å². The lowest BCUT2D eigenvalue weighted by Crippen LogP contribution is -2.32. The smallest absolute Gasteiger partial charge is 0.295 e. The maximum atomic E-state index is 13.0. The topological polar surface area (TPSA) is 70.1 Å². The largest absolute Gasteiger partial charge is 0.507 e. The fourth-order valence-corrected chi connectivity index (χ4v) is 3.98. The van der Waals surface area contributed by atoms with Crippen LogP contribution in [0.15, 0.2) is 54.1 Å². The van der Waals surface area contributed by atoms with E-state index in [1.54, 1.807) is 29.2 Å². The van der Waals surface area contributed by atoms with Crippen LogP contribution in [-0.4, -0.2) is 60.4 Å². The number of ketones is 1. The number of Topliss-reactive ketones (excluding diaryl/α,β-unsaturated/α-hetero) is 1. The van der Waals surface area contributed by atoms with Gasteiger partial charge in [-0.3, -0.25) is 9.59 Å². The molecule has 1 saturated heterocycles. The molecule has 0 spiro atoms. The van der Waals surface area contributed by atoms with Crippen LogP contribution < -0.4 is 4.74 Å². The lowest BCUT2D eigenvalue weighted by molar-refractivity contribution is -0.139. The van der Waals surface area contributed by atoms with Crippen LogP contribution in [0.3, 0.4) is 0 Å². The number of amides is 1. The first-order valence-electron chi connectivity index (χ1n) is 11.2. The van der Waals surface area contributed by atoms with Crippen molar-refractivity contribution in [2.45, 2.75) is 32.2 Å². The predicted octanol–water partition coefficient (Wildman–Crippen LogP) is 4.89. The van der Waals surface area contributed by atoms with Crippen molar-refractivity contribution < 1.29 is 19.4 Å². The normalized spacial score (nSPS) is 17.7. The van der Waals surface area contributed by atoms with E-state index < -0.39 is 17.7 Å². The Labute approximate surface area is 200 Å². The molecule has 2 aromatic rings. The van der Waals surface area contributed by atoms with Crippen molar-refractivity contribution in [3.05, 3.63) is 70.3 Å². The molecule has 1 atom stereocenters. The lowest BCUT2D eigenvalue weighted by Gasteiger charge is -2.26. The Bertz CT molecular complexity index is 1000. The zero-order chi connectivity index (χ0) is 24.0. The first-order chi connectivity index (χ1) is 15.8. The highest BCUT2D eigenvalue weighted by Gasteiger charge is 2.45. The van der Waals surface area contributed by atoms with Crippen molar-refractivity contribution in [1.29, 1.82) is 0 Å². The van der Waals surface area contributed by atoms with E-state index in [2.05, 4.69) is 6.92 Å². The van der Waals surface area contributed by atoms with Gasteiger partial charge in [-0.2, -0.15) is 0 Å². The summed E-state index contributed by atoms with van der Waals surface area (Å²) in [4.78, 5) is 29.6. The van der Waals surface area contributed by atoms with Crippen LogP contribution in [0.1, 0.15) is 43.4 Å². The number of carbonyl (C=O) groups excluding carboxylic acids is 2. The van der Waals surface area contributed by atoms with Crippen molar-refractivity contribution in [1.82, 2.24) is 9.80 Å². The number of benzene rings is 2. The summed E-state index contributed by atoms with van der Waals surface area (Å²) in [6, 6.07) is 13.3. The molecule has 176 valence electrons. The number of ether oxygens (including phenoxy) is 1. The number of halogens is 1. The number of unbranched alkanes of at least 4 members (excludes halogenated alkanes) is 1. The van der Waals surface area contributed by atoms with Crippen molar-refractivity contribution in [2.24, 2.45) is 0 Å². The van der Waals surface area contributed by atoms with Crippen LogP contribution in [0.4, 0.5) is 0 Å². The zero-order valence-electron chi connectivity index (χ0n) is 19.4. The fourth-order valence-electron chi connectivity index (χ4n) is 3.86. The van der Waals surface area contributed by atoms with Gasteiger partial charge in [-0.25, -0.2) is 0 Å². The van der Waals surface area contributed by atoms with Crippen LogP contribution in [0.2, 0.25) is 5.02 Å². The van der Waals surface area contributed by atoms with Crippen LogP contribution in [0.5, 0.6) is 5.75 Å². The summed E-state index contributed by atoms with van der Waals surface area (Å²) >= 11 is 5.98. The summed E-state index contributed by atoms with van der Waals surface area (Å²) in [6.07, 6.45) is 2.72. The molecule has 0 unspecified atom stereocenters. The first-order valence-corrected chi connectivity index (χ1v) is 11.6. The molecule has 0 aliphatic carbocycles. The molecule has 1 amide bonds. The van der Waals surface area contributed by atoms with Crippen LogP contribution in [0, 0.1) is 0 Å². The Hall–Kier alpha value is -2.83. The van der Waals surface area contributed by atoms with Crippen molar-refractivity contribution in [2.75, 3.05) is 33.8 Å². The van der Waals surface area contributed by atoms with Crippen molar-refractivity contribution >= 4 is 29.1 Å². The molecule has 33 heavy (non-hydrogen) atoms. The molecule has 1 heterocycles. The second-order valence-electron chi connectivity index (χ2n) is 8.43. The summed E-state index contributed by atoms with van der Waals surface area (Å²) in [5.41, 5.74) is 1.28. The molecule has 3 rings (SSSR count). The van der Waals surface area contributed by atoms with Gasteiger partial charge in [-0.15, -0.1) is 0 Å². The molecule has 0 radical (unpaired) electrons. The minimum atomic E-state index is -0.680. The second-order valence-corrected chi connectivity index (χ2v) is 8.86. The SMILES string of the molecule is CCCCOc1ccc([C@@H]2C(=C(O)c3ccc(Cl)cc3)C(=O)C(=O)N2CCCN(C)C)cc1. The summed E-state index contributed by atoms with van der Waals surface area (Å²) in [5.74, 6) is -0.749. The van der Waals surface area contributed by atoms with Gasteiger partial charge in [0.2, 0.25) is 0 Å². The van der Waals surface area contributed by atoms with E-state index in [1.807, 2.05) is 43.3 Å². The van der Waals surface area contributed by atoms with E-state index in [1.165, 1.54) is 0 Å². The highest BCUT2D eigenvalue weighted by molar-refractivity contribution is 6.46. The number of hydrogen-bond donors (Lipinski definition) is 1. The van der Waals surface area contributed by atoms with Gasteiger partial charge in [0.25, 0.3) is 11.7 Å². The first kappa shape index (κ1) is 24.8. The molecule has 1 aliphatic heterocycles.